The van der Waals surface area contributed by atoms with E-state index < -0.39 is 5.97 Å². The van der Waals surface area contributed by atoms with Crippen molar-refractivity contribution in [3.8, 4) is 5.75 Å². The molecule has 0 aromatic heterocycles. The van der Waals surface area contributed by atoms with E-state index >= 15 is 0 Å². The summed E-state index contributed by atoms with van der Waals surface area (Å²) in [6.07, 6.45) is 1.77. The first kappa shape index (κ1) is 13.6. The van der Waals surface area contributed by atoms with Crippen LogP contribution in [0.2, 0.25) is 0 Å². The van der Waals surface area contributed by atoms with E-state index in [1.165, 1.54) is 0 Å². The number of piperazine rings is 1. The maximum atomic E-state index is 11.9. The maximum absolute atomic E-state index is 11.9. The van der Waals surface area contributed by atoms with Crippen LogP contribution in [-0.2, 0) is 9.53 Å². The molecule has 1 aromatic carbocycles. The molecule has 1 fully saturated rings. The molecular weight excluding hydrogens is 270 g/mol. The number of esters is 1. The SMILES string of the molecule is COc1cccc(C2=NC(=CN3CCNCC3)C(=O)O2)c1. The van der Waals surface area contributed by atoms with Crippen LogP contribution in [-0.4, -0.2) is 50.1 Å². The van der Waals surface area contributed by atoms with Gasteiger partial charge in [-0.1, -0.05) is 6.07 Å². The van der Waals surface area contributed by atoms with Gasteiger partial charge in [-0.2, -0.15) is 0 Å². The molecule has 0 saturated carbocycles. The number of hydrogen-bond acceptors (Lipinski definition) is 6. The van der Waals surface area contributed by atoms with Crippen molar-refractivity contribution in [1.82, 2.24) is 10.2 Å². The summed E-state index contributed by atoms with van der Waals surface area (Å²) in [5.74, 6) is 0.609. The molecule has 0 aliphatic carbocycles. The van der Waals surface area contributed by atoms with Gasteiger partial charge in [0.1, 0.15) is 5.75 Å². The molecule has 2 heterocycles. The average molecular weight is 287 g/mol. The van der Waals surface area contributed by atoms with Crippen LogP contribution in [0.3, 0.4) is 0 Å². The molecule has 0 spiro atoms. The lowest BCUT2D eigenvalue weighted by atomic mass is 10.2. The molecule has 0 amide bonds. The van der Waals surface area contributed by atoms with E-state index in [9.17, 15) is 4.79 Å². The number of carbonyl (C=O) groups is 1. The Hall–Kier alpha value is -2.34. The first-order chi connectivity index (χ1) is 10.3. The minimum absolute atomic E-state index is 0.320. The lowest BCUT2D eigenvalue weighted by Gasteiger charge is -2.25. The molecule has 21 heavy (non-hydrogen) atoms. The predicted octanol–water partition coefficient (Wildman–Crippen LogP) is 0.745. The van der Waals surface area contributed by atoms with E-state index in [4.69, 9.17) is 9.47 Å². The number of cyclic esters (lactones) is 1. The molecule has 6 nitrogen and oxygen atoms in total. The molecule has 0 radical (unpaired) electrons. The number of aliphatic imine (C=N–C) groups is 1. The van der Waals surface area contributed by atoms with Crippen LogP contribution in [0.15, 0.2) is 41.2 Å². The van der Waals surface area contributed by atoms with Gasteiger partial charge in [-0.25, -0.2) is 9.79 Å². The van der Waals surface area contributed by atoms with E-state index in [2.05, 4.69) is 15.2 Å². The summed E-state index contributed by atoms with van der Waals surface area (Å²) in [4.78, 5) is 18.3. The summed E-state index contributed by atoms with van der Waals surface area (Å²) in [7, 11) is 1.59. The van der Waals surface area contributed by atoms with Crippen molar-refractivity contribution >= 4 is 11.9 Å². The van der Waals surface area contributed by atoms with Crippen molar-refractivity contribution in [2.24, 2.45) is 4.99 Å². The molecule has 3 rings (SSSR count). The summed E-state index contributed by atoms with van der Waals surface area (Å²) < 4.78 is 10.4. The Bertz CT molecular complexity index is 604. The second kappa shape index (κ2) is 5.97. The molecule has 1 N–H and O–H groups in total. The quantitative estimate of drug-likeness (QED) is 0.656. The first-order valence-electron chi connectivity index (χ1n) is 6.88. The molecule has 2 aliphatic rings. The molecule has 2 aliphatic heterocycles. The monoisotopic (exact) mass is 287 g/mol. The van der Waals surface area contributed by atoms with Crippen LogP contribution in [0.5, 0.6) is 5.75 Å². The Morgan fingerprint density at radius 1 is 1.38 bits per heavy atom. The maximum Gasteiger partial charge on any atom is 0.365 e. The van der Waals surface area contributed by atoms with Crippen LogP contribution in [0.4, 0.5) is 0 Å². The lowest BCUT2D eigenvalue weighted by molar-refractivity contribution is -0.130. The van der Waals surface area contributed by atoms with E-state index in [-0.39, 0.29) is 0 Å². The van der Waals surface area contributed by atoms with Gasteiger partial charge in [-0.15, -0.1) is 0 Å². The van der Waals surface area contributed by atoms with Gasteiger partial charge in [-0.05, 0) is 18.2 Å². The molecular formula is C15H17N3O3. The zero-order chi connectivity index (χ0) is 14.7. The molecule has 0 atom stereocenters. The summed E-state index contributed by atoms with van der Waals surface area (Å²) in [6, 6.07) is 7.29. The van der Waals surface area contributed by atoms with E-state index in [1.54, 1.807) is 19.4 Å². The Morgan fingerprint density at radius 3 is 2.95 bits per heavy atom. The highest BCUT2D eigenvalue weighted by Gasteiger charge is 2.25. The zero-order valence-corrected chi connectivity index (χ0v) is 11.8. The van der Waals surface area contributed by atoms with Crippen molar-refractivity contribution in [2.75, 3.05) is 33.3 Å². The highest BCUT2D eigenvalue weighted by Crippen LogP contribution is 2.20. The van der Waals surface area contributed by atoms with E-state index in [1.807, 2.05) is 18.2 Å². The Morgan fingerprint density at radius 2 is 2.19 bits per heavy atom. The smallest absolute Gasteiger partial charge is 0.365 e. The number of nitrogens with zero attached hydrogens (tertiary/aromatic N) is 2. The fourth-order valence-corrected chi connectivity index (χ4v) is 2.26. The zero-order valence-electron chi connectivity index (χ0n) is 11.8. The van der Waals surface area contributed by atoms with Crippen LogP contribution in [0, 0.1) is 0 Å². The minimum Gasteiger partial charge on any atom is -0.497 e. The third-order valence-electron chi connectivity index (χ3n) is 3.39. The molecule has 110 valence electrons. The number of carbonyl (C=O) groups excluding carboxylic acids is 1. The topological polar surface area (TPSA) is 63.2 Å². The van der Waals surface area contributed by atoms with Crippen molar-refractivity contribution in [3.05, 3.63) is 41.7 Å². The Kier molecular flexibility index (Phi) is 3.87. The van der Waals surface area contributed by atoms with Crippen molar-refractivity contribution in [2.45, 2.75) is 0 Å². The number of benzene rings is 1. The minimum atomic E-state index is -0.411. The number of ether oxygens (including phenoxy) is 2. The predicted molar refractivity (Wildman–Crippen MR) is 78.1 cm³/mol. The fraction of sp³-hybridized carbons (Fsp3) is 0.333. The van der Waals surface area contributed by atoms with Crippen LogP contribution in [0.25, 0.3) is 0 Å². The Balaban J connectivity index is 1.82. The summed E-state index contributed by atoms with van der Waals surface area (Å²) in [5, 5.41) is 3.26. The normalized spacial score (nSPS) is 20.4. The third kappa shape index (κ3) is 3.05. The number of hydrogen-bond donors (Lipinski definition) is 1. The van der Waals surface area contributed by atoms with Gasteiger partial charge < -0.3 is 19.7 Å². The van der Waals surface area contributed by atoms with Crippen molar-refractivity contribution < 1.29 is 14.3 Å². The highest BCUT2D eigenvalue weighted by molar-refractivity contribution is 6.11. The van der Waals surface area contributed by atoms with Gasteiger partial charge in [0, 0.05) is 37.9 Å². The molecule has 0 unspecified atom stereocenters. The lowest BCUT2D eigenvalue weighted by Crippen LogP contribution is -2.40. The highest BCUT2D eigenvalue weighted by atomic mass is 16.6. The third-order valence-corrected chi connectivity index (χ3v) is 3.39. The standard InChI is InChI=1S/C15H17N3O3/c1-20-12-4-2-3-11(9-12)14-17-13(15(19)21-14)10-18-7-5-16-6-8-18/h2-4,9-10,16H,5-8H2,1H3. The van der Waals surface area contributed by atoms with Crippen LogP contribution in [0.1, 0.15) is 5.56 Å². The summed E-state index contributed by atoms with van der Waals surface area (Å²) in [6.45, 7) is 3.54. The van der Waals surface area contributed by atoms with Gasteiger partial charge in [0.05, 0.1) is 7.11 Å². The van der Waals surface area contributed by atoms with E-state index in [0.717, 1.165) is 31.7 Å². The fourth-order valence-electron chi connectivity index (χ4n) is 2.26. The average Bonchev–Trinajstić information content (AvgIpc) is 2.89. The van der Waals surface area contributed by atoms with Gasteiger partial charge >= 0.3 is 5.97 Å². The molecule has 0 bridgehead atoms. The largest absolute Gasteiger partial charge is 0.497 e. The molecule has 6 heteroatoms. The molecule has 1 saturated heterocycles. The van der Waals surface area contributed by atoms with Crippen LogP contribution >= 0.6 is 0 Å². The van der Waals surface area contributed by atoms with Gasteiger partial charge in [0.25, 0.3) is 0 Å². The van der Waals surface area contributed by atoms with Crippen molar-refractivity contribution in [3.63, 3.8) is 0 Å². The number of nitrogens with one attached hydrogen (secondary N) is 1. The number of rotatable bonds is 3. The summed E-state index contributed by atoms with van der Waals surface area (Å²) >= 11 is 0. The van der Waals surface area contributed by atoms with Gasteiger partial charge in [0.2, 0.25) is 5.90 Å². The van der Waals surface area contributed by atoms with Gasteiger partial charge in [0.15, 0.2) is 5.70 Å². The first-order valence-corrected chi connectivity index (χ1v) is 6.88. The van der Waals surface area contributed by atoms with Crippen molar-refractivity contribution in [1.29, 1.82) is 0 Å². The Labute approximate surface area is 123 Å². The molecule has 1 aromatic rings. The van der Waals surface area contributed by atoms with E-state index in [0.29, 0.717) is 17.3 Å². The number of methoxy groups -OCH3 is 1. The van der Waals surface area contributed by atoms with Gasteiger partial charge in [-0.3, -0.25) is 0 Å². The van der Waals surface area contributed by atoms with Crippen LogP contribution < -0.4 is 10.1 Å². The summed E-state index contributed by atoms with van der Waals surface area (Å²) in [5.41, 5.74) is 1.07. The second-order valence-corrected chi connectivity index (χ2v) is 4.84. The second-order valence-electron chi connectivity index (χ2n) is 4.84.